The summed E-state index contributed by atoms with van der Waals surface area (Å²) in [7, 11) is 4.58. The molecule has 2 aromatic rings. The molecule has 0 unspecified atom stereocenters. The van der Waals surface area contributed by atoms with E-state index in [9.17, 15) is 4.79 Å². The maximum Gasteiger partial charge on any atom is 0.255 e. The summed E-state index contributed by atoms with van der Waals surface area (Å²) in [5.41, 5.74) is 0.815. The summed E-state index contributed by atoms with van der Waals surface area (Å²) < 4.78 is 21.5. The molecule has 0 bridgehead atoms. The second-order valence-corrected chi connectivity index (χ2v) is 6.62. The Hall–Kier alpha value is -2.60. The number of rotatable bonds is 8. The average Bonchev–Trinajstić information content (AvgIpc) is 2.65. The summed E-state index contributed by atoms with van der Waals surface area (Å²) in [4.78, 5) is 12.7. The molecular formula is C20H24ClNO5. The second kappa shape index (κ2) is 9.37. The molecule has 27 heavy (non-hydrogen) atoms. The van der Waals surface area contributed by atoms with Crippen molar-refractivity contribution in [3.8, 4) is 23.0 Å². The minimum Gasteiger partial charge on any atom is -0.497 e. The van der Waals surface area contributed by atoms with Crippen LogP contribution in [-0.4, -0.2) is 33.8 Å². The van der Waals surface area contributed by atoms with E-state index in [4.69, 9.17) is 30.5 Å². The summed E-state index contributed by atoms with van der Waals surface area (Å²) in [6.45, 7) is 4.55. The molecule has 1 amide bonds. The minimum atomic E-state index is -0.364. The van der Waals surface area contributed by atoms with E-state index < -0.39 is 0 Å². The van der Waals surface area contributed by atoms with E-state index in [0.29, 0.717) is 51.8 Å². The van der Waals surface area contributed by atoms with Crippen LogP contribution in [0.2, 0.25) is 5.02 Å². The first-order valence-electron chi connectivity index (χ1n) is 8.43. The van der Waals surface area contributed by atoms with Crippen molar-refractivity contribution in [2.75, 3.05) is 33.3 Å². The van der Waals surface area contributed by atoms with Crippen LogP contribution >= 0.6 is 11.6 Å². The summed E-state index contributed by atoms with van der Waals surface area (Å²) >= 11 is 6.32. The molecule has 0 radical (unpaired) electrons. The molecule has 0 heterocycles. The molecule has 6 nitrogen and oxygen atoms in total. The number of hydrogen-bond donors (Lipinski definition) is 1. The van der Waals surface area contributed by atoms with E-state index >= 15 is 0 Å². The number of benzene rings is 2. The molecule has 0 fully saturated rings. The van der Waals surface area contributed by atoms with Crippen LogP contribution in [-0.2, 0) is 0 Å². The predicted octanol–water partition coefficient (Wildman–Crippen LogP) is 4.65. The van der Waals surface area contributed by atoms with Crippen LogP contribution in [0.25, 0.3) is 0 Å². The Morgan fingerprint density at radius 2 is 1.74 bits per heavy atom. The topological polar surface area (TPSA) is 66.0 Å². The van der Waals surface area contributed by atoms with E-state index in [1.807, 2.05) is 13.8 Å². The van der Waals surface area contributed by atoms with Crippen LogP contribution in [0.1, 0.15) is 24.2 Å². The smallest absolute Gasteiger partial charge is 0.255 e. The standard InChI is InChI=1S/C20H24ClNO5/c1-12(2)11-27-19-15(21)8-13(9-18(19)26-5)20(23)22-16-10-14(24-3)6-7-17(16)25-4/h6-10,12H,11H2,1-5H3,(H,22,23). The van der Waals surface area contributed by atoms with Crippen LogP contribution in [0.3, 0.4) is 0 Å². The Balaban J connectivity index is 2.30. The monoisotopic (exact) mass is 393 g/mol. The molecule has 0 spiro atoms. The van der Waals surface area contributed by atoms with Gasteiger partial charge in [-0.2, -0.15) is 0 Å². The SMILES string of the molecule is COc1ccc(OC)c(NC(=O)c2cc(Cl)c(OCC(C)C)c(OC)c2)c1. The van der Waals surface area contributed by atoms with Gasteiger partial charge in [0.2, 0.25) is 0 Å². The van der Waals surface area contributed by atoms with Gasteiger partial charge in [-0.3, -0.25) is 4.79 Å². The van der Waals surface area contributed by atoms with E-state index in [1.54, 1.807) is 37.4 Å². The van der Waals surface area contributed by atoms with Crippen molar-refractivity contribution in [1.82, 2.24) is 0 Å². The van der Waals surface area contributed by atoms with Gasteiger partial charge in [-0.05, 0) is 30.2 Å². The fraction of sp³-hybridized carbons (Fsp3) is 0.350. The van der Waals surface area contributed by atoms with Crippen molar-refractivity contribution < 1.29 is 23.7 Å². The van der Waals surface area contributed by atoms with E-state index in [2.05, 4.69) is 5.32 Å². The summed E-state index contributed by atoms with van der Waals surface area (Å²) in [5, 5.41) is 3.11. The van der Waals surface area contributed by atoms with Gasteiger partial charge in [0.1, 0.15) is 11.5 Å². The van der Waals surface area contributed by atoms with Crippen LogP contribution in [0.15, 0.2) is 30.3 Å². The first-order valence-corrected chi connectivity index (χ1v) is 8.81. The molecule has 0 aromatic heterocycles. The highest BCUT2D eigenvalue weighted by Gasteiger charge is 2.18. The molecule has 0 aliphatic rings. The number of carbonyl (C=O) groups is 1. The molecule has 2 aromatic carbocycles. The molecule has 0 aliphatic heterocycles. The first kappa shape index (κ1) is 20.7. The largest absolute Gasteiger partial charge is 0.497 e. The van der Waals surface area contributed by atoms with E-state index in [1.165, 1.54) is 14.2 Å². The van der Waals surface area contributed by atoms with Crippen molar-refractivity contribution in [2.24, 2.45) is 5.92 Å². The number of carbonyl (C=O) groups excluding carboxylic acids is 1. The summed E-state index contributed by atoms with van der Waals surface area (Å²) in [6, 6.07) is 8.26. The van der Waals surface area contributed by atoms with Crippen molar-refractivity contribution in [2.45, 2.75) is 13.8 Å². The van der Waals surface area contributed by atoms with Gasteiger partial charge in [0, 0.05) is 11.6 Å². The predicted molar refractivity (Wildman–Crippen MR) is 106 cm³/mol. The van der Waals surface area contributed by atoms with Gasteiger partial charge < -0.3 is 24.3 Å². The number of nitrogens with one attached hydrogen (secondary N) is 1. The molecule has 2 rings (SSSR count). The Morgan fingerprint density at radius 3 is 2.33 bits per heavy atom. The minimum absolute atomic E-state index is 0.303. The molecule has 0 saturated carbocycles. The van der Waals surface area contributed by atoms with Gasteiger partial charge in [0.15, 0.2) is 11.5 Å². The second-order valence-electron chi connectivity index (χ2n) is 6.21. The zero-order valence-corrected chi connectivity index (χ0v) is 16.8. The van der Waals surface area contributed by atoms with Crippen LogP contribution in [0, 0.1) is 5.92 Å². The third-order valence-electron chi connectivity index (χ3n) is 3.71. The molecule has 0 aliphatic carbocycles. The quantitative estimate of drug-likeness (QED) is 0.706. The number of halogens is 1. The van der Waals surface area contributed by atoms with Gasteiger partial charge in [0.25, 0.3) is 5.91 Å². The first-order chi connectivity index (χ1) is 12.9. The molecule has 0 atom stereocenters. The van der Waals surface area contributed by atoms with Crippen LogP contribution < -0.4 is 24.3 Å². The zero-order valence-electron chi connectivity index (χ0n) is 16.1. The average molecular weight is 394 g/mol. The number of amides is 1. The number of anilines is 1. The summed E-state index contributed by atoms with van der Waals surface area (Å²) in [6.07, 6.45) is 0. The Morgan fingerprint density at radius 1 is 1.04 bits per heavy atom. The molecule has 7 heteroatoms. The molecule has 146 valence electrons. The lowest BCUT2D eigenvalue weighted by Gasteiger charge is -2.16. The normalized spacial score (nSPS) is 10.5. The third-order valence-corrected chi connectivity index (χ3v) is 3.99. The van der Waals surface area contributed by atoms with Crippen molar-refractivity contribution in [3.05, 3.63) is 40.9 Å². The van der Waals surface area contributed by atoms with Crippen molar-refractivity contribution in [3.63, 3.8) is 0 Å². The van der Waals surface area contributed by atoms with Gasteiger partial charge in [-0.25, -0.2) is 0 Å². The van der Waals surface area contributed by atoms with Crippen LogP contribution in [0.4, 0.5) is 5.69 Å². The van der Waals surface area contributed by atoms with Gasteiger partial charge in [-0.15, -0.1) is 0 Å². The van der Waals surface area contributed by atoms with Crippen molar-refractivity contribution >= 4 is 23.2 Å². The van der Waals surface area contributed by atoms with Gasteiger partial charge >= 0.3 is 0 Å². The molecule has 0 saturated heterocycles. The zero-order chi connectivity index (χ0) is 20.0. The lowest BCUT2D eigenvalue weighted by atomic mass is 10.1. The summed E-state index contributed by atoms with van der Waals surface area (Å²) in [5.74, 6) is 1.89. The maximum absolute atomic E-state index is 12.7. The molecular weight excluding hydrogens is 370 g/mol. The number of hydrogen-bond acceptors (Lipinski definition) is 5. The number of methoxy groups -OCH3 is 3. The number of ether oxygens (including phenoxy) is 4. The highest BCUT2D eigenvalue weighted by Crippen LogP contribution is 2.37. The fourth-order valence-corrected chi connectivity index (χ4v) is 2.61. The van der Waals surface area contributed by atoms with Crippen molar-refractivity contribution in [1.29, 1.82) is 0 Å². The lowest BCUT2D eigenvalue weighted by molar-refractivity contribution is 0.102. The highest BCUT2D eigenvalue weighted by atomic mass is 35.5. The third kappa shape index (κ3) is 5.20. The van der Waals surface area contributed by atoms with Crippen LogP contribution in [0.5, 0.6) is 23.0 Å². The lowest BCUT2D eigenvalue weighted by Crippen LogP contribution is -2.13. The molecule has 1 N–H and O–H groups in total. The maximum atomic E-state index is 12.7. The van der Waals surface area contributed by atoms with Gasteiger partial charge in [-0.1, -0.05) is 25.4 Å². The Kier molecular flexibility index (Phi) is 7.19. The Bertz CT molecular complexity index is 807. The fourth-order valence-electron chi connectivity index (χ4n) is 2.35. The van der Waals surface area contributed by atoms with E-state index in [-0.39, 0.29) is 5.91 Å². The van der Waals surface area contributed by atoms with E-state index in [0.717, 1.165) is 0 Å². The highest BCUT2D eigenvalue weighted by molar-refractivity contribution is 6.32. The van der Waals surface area contributed by atoms with Gasteiger partial charge in [0.05, 0.1) is 38.6 Å². The Labute approximate surface area is 164 Å².